The molecule has 0 aromatic heterocycles. The van der Waals surface area contributed by atoms with Crippen molar-refractivity contribution < 1.29 is 9.90 Å². The Bertz CT molecular complexity index is 660. The lowest BCUT2D eigenvalue weighted by Gasteiger charge is -2.05. The van der Waals surface area contributed by atoms with Gasteiger partial charge in [0.1, 0.15) is 0 Å². The summed E-state index contributed by atoms with van der Waals surface area (Å²) in [7, 11) is 0. The number of thioether (sulfide) groups is 2. The van der Waals surface area contributed by atoms with E-state index in [1.807, 2.05) is 30.3 Å². The molecule has 2 aromatic rings. The van der Waals surface area contributed by atoms with E-state index < -0.39 is 0 Å². The zero-order chi connectivity index (χ0) is 16.7. The molecule has 0 amide bonds. The third-order valence-electron chi connectivity index (χ3n) is 3.18. The summed E-state index contributed by atoms with van der Waals surface area (Å²) in [5, 5.41) is 10.2. The molecule has 0 saturated heterocycles. The highest BCUT2D eigenvalue weighted by atomic mass is 35.5. The van der Waals surface area contributed by atoms with Crippen molar-refractivity contribution in [2.24, 2.45) is 0 Å². The highest BCUT2D eigenvalue weighted by molar-refractivity contribution is 8.38. The summed E-state index contributed by atoms with van der Waals surface area (Å²) in [6.45, 7) is 0.0530. The van der Waals surface area contributed by atoms with Crippen molar-refractivity contribution in [2.45, 2.75) is 18.8 Å². The summed E-state index contributed by atoms with van der Waals surface area (Å²) in [6.07, 6.45) is 0.824. The van der Waals surface area contributed by atoms with Gasteiger partial charge in [0.05, 0.1) is 6.61 Å². The SMILES string of the molecule is O=C(SCCc1ccc(CO)cc1)SCc1ccc(Cl)cc1Cl. The number of aliphatic hydroxyl groups is 1. The number of aryl methyl sites for hydroxylation is 1. The van der Waals surface area contributed by atoms with Crippen LogP contribution in [0.25, 0.3) is 0 Å². The van der Waals surface area contributed by atoms with Crippen LogP contribution in [-0.2, 0) is 18.8 Å². The maximum absolute atomic E-state index is 11.9. The normalized spacial score (nSPS) is 10.7. The fourth-order valence-electron chi connectivity index (χ4n) is 1.88. The zero-order valence-electron chi connectivity index (χ0n) is 12.3. The van der Waals surface area contributed by atoms with Gasteiger partial charge in [-0.05, 0) is 35.2 Å². The number of benzene rings is 2. The number of halogens is 2. The molecule has 0 saturated carbocycles. The van der Waals surface area contributed by atoms with Gasteiger partial charge < -0.3 is 5.11 Å². The molecule has 0 bridgehead atoms. The standard InChI is InChI=1S/C17H16Cl2O2S2/c18-15-6-5-14(16(19)9-15)11-23-17(21)22-8-7-12-1-3-13(10-20)4-2-12/h1-6,9,20H,7-8,10-11H2. The molecule has 2 nitrogen and oxygen atoms in total. The van der Waals surface area contributed by atoms with Gasteiger partial charge in [0.15, 0.2) is 0 Å². The zero-order valence-corrected chi connectivity index (χ0v) is 15.4. The predicted octanol–water partition coefficient (Wildman–Crippen LogP) is 5.81. The predicted molar refractivity (Wildman–Crippen MR) is 102 cm³/mol. The van der Waals surface area contributed by atoms with E-state index in [-0.39, 0.29) is 11.1 Å². The van der Waals surface area contributed by atoms with Gasteiger partial charge in [0, 0.05) is 21.6 Å². The molecule has 0 spiro atoms. The van der Waals surface area contributed by atoms with Crippen LogP contribution in [0.4, 0.5) is 4.79 Å². The van der Waals surface area contributed by atoms with Gasteiger partial charge in [-0.3, -0.25) is 4.79 Å². The molecule has 0 atom stereocenters. The highest BCUT2D eigenvalue weighted by Gasteiger charge is 2.07. The van der Waals surface area contributed by atoms with E-state index in [2.05, 4.69) is 0 Å². The van der Waals surface area contributed by atoms with Crippen LogP contribution in [0.2, 0.25) is 10.0 Å². The van der Waals surface area contributed by atoms with E-state index in [0.717, 1.165) is 28.9 Å². The maximum atomic E-state index is 11.9. The maximum Gasteiger partial charge on any atom is 0.246 e. The van der Waals surface area contributed by atoms with E-state index in [0.29, 0.717) is 15.8 Å². The lowest BCUT2D eigenvalue weighted by Crippen LogP contribution is -1.93. The van der Waals surface area contributed by atoms with Crippen LogP contribution < -0.4 is 0 Å². The summed E-state index contributed by atoms with van der Waals surface area (Å²) in [5.74, 6) is 1.28. The fraction of sp³-hybridized carbons (Fsp3) is 0.235. The van der Waals surface area contributed by atoms with Gasteiger partial charge >= 0.3 is 0 Å². The van der Waals surface area contributed by atoms with Gasteiger partial charge in [-0.15, -0.1) is 0 Å². The van der Waals surface area contributed by atoms with Crippen LogP contribution >= 0.6 is 46.7 Å². The molecule has 0 aliphatic rings. The second kappa shape index (κ2) is 9.60. The molecular weight excluding hydrogens is 371 g/mol. The van der Waals surface area contributed by atoms with Gasteiger partial charge in [-0.25, -0.2) is 0 Å². The largest absolute Gasteiger partial charge is 0.392 e. The van der Waals surface area contributed by atoms with E-state index in [9.17, 15) is 4.79 Å². The van der Waals surface area contributed by atoms with Gasteiger partial charge in [0.2, 0.25) is 4.45 Å². The molecule has 0 radical (unpaired) electrons. The molecule has 1 N–H and O–H groups in total. The van der Waals surface area contributed by atoms with E-state index in [1.54, 1.807) is 12.1 Å². The number of aliphatic hydroxyl groups excluding tert-OH is 1. The van der Waals surface area contributed by atoms with Gasteiger partial charge in [-0.2, -0.15) is 0 Å². The van der Waals surface area contributed by atoms with Gasteiger partial charge in [-0.1, -0.05) is 77.1 Å². The first kappa shape index (κ1) is 18.7. The molecule has 0 aliphatic carbocycles. The summed E-state index contributed by atoms with van der Waals surface area (Å²) in [5.41, 5.74) is 2.97. The van der Waals surface area contributed by atoms with Gasteiger partial charge in [0.25, 0.3) is 0 Å². The summed E-state index contributed by atoms with van der Waals surface area (Å²) >= 11 is 14.5. The Morgan fingerprint density at radius 3 is 2.35 bits per heavy atom. The topological polar surface area (TPSA) is 37.3 Å². The lowest BCUT2D eigenvalue weighted by atomic mass is 10.1. The van der Waals surface area contributed by atoms with Crippen LogP contribution in [-0.4, -0.2) is 15.3 Å². The Morgan fingerprint density at radius 2 is 1.70 bits per heavy atom. The Morgan fingerprint density at radius 1 is 1.00 bits per heavy atom. The Balaban J connectivity index is 1.72. The van der Waals surface area contributed by atoms with Crippen LogP contribution in [0.3, 0.4) is 0 Å². The quantitative estimate of drug-likeness (QED) is 0.678. The minimum absolute atomic E-state index is 0.0530. The van der Waals surface area contributed by atoms with Crippen molar-refractivity contribution >= 4 is 51.2 Å². The van der Waals surface area contributed by atoms with E-state index >= 15 is 0 Å². The van der Waals surface area contributed by atoms with Crippen LogP contribution in [0.15, 0.2) is 42.5 Å². The number of carbonyl (C=O) groups excluding carboxylic acids is 1. The first-order chi connectivity index (χ1) is 11.1. The van der Waals surface area contributed by atoms with Crippen molar-refractivity contribution in [1.29, 1.82) is 0 Å². The average Bonchev–Trinajstić information content (AvgIpc) is 2.54. The number of hydrogen-bond acceptors (Lipinski definition) is 4. The Labute approximate surface area is 154 Å². The smallest absolute Gasteiger partial charge is 0.246 e. The number of hydrogen-bond donors (Lipinski definition) is 1. The van der Waals surface area contributed by atoms with Crippen molar-refractivity contribution in [1.82, 2.24) is 0 Å². The second-order valence-electron chi connectivity index (χ2n) is 4.85. The molecule has 2 aromatic carbocycles. The van der Waals surface area contributed by atoms with Crippen LogP contribution in [0, 0.1) is 0 Å². The monoisotopic (exact) mass is 386 g/mol. The van der Waals surface area contributed by atoms with E-state index in [1.165, 1.54) is 23.5 Å². The average molecular weight is 387 g/mol. The third kappa shape index (κ3) is 6.40. The van der Waals surface area contributed by atoms with Crippen molar-refractivity contribution in [2.75, 3.05) is 5.75 Å². The molecular formula is C17H16Cl2O2S2. The first-order valence-electron chi connectivity index (χ1n) is 7.00. The molecule has 0 aliphatic heterocycles. The Kier molecular flexibility index (Phi) is 7.80. The van der Waals surface area contributed by atoms with Crippen molar-refractivity contribution in [3.8, 4) is 0 Å². The summed E-state index contributed by atoms with van der Waals surface area (Å²) in [4.78, 5) is 11.9. The number of rotatable bonds is 6. The minimum Gasteiger partial charge on any atom is -0.392 e. The molecule has 0 fully saturated rings. The van der Waals surface area contributed by atoms with Crippen molar-refractivity contribution in [3.63, 3.8) is 0 Å². The molecule has 23 heavy (non-hydrogen) atoms. The minimum atomic E-state index is 0.0530. The van der Waals surface area contributed by atoms with Crippen LogP contribution in [0.1, 0.15) is 16.7 Å². The fourth-order valence-corrected chi connectivity index (χ4v) is 4.22. The lowest BCUT2D eigenvalue weighted by molar-refractivity contribution is 0.276. The highest BCUT2D eigenvalue weighted by Crippen LogP contribution is 2.27. The summed E-state index contributed by atoms with van der Waals surface area (Å²) < 4.78 is 0.0861. The molecule has 122 valence electrons. The second-order valence-corrected chi connectivity index (χ2v) is 7.97. The molecule has 0 unspecified atom stereocenters. The third-order valence-corrected chi connectivity index (χ3v) is 5.81. The molecule has 6 heteroatoms. The first-order valence-corrected chi connectivity index (χ1v) is 9.73. The number of carbonyl (C=O) groups is 1. The summed E-state index contributed by atoms with van der Waals surface area (Å²) in [6, 6.07) is 13.1. The Hall–Kier alpha value is -0.650. The molecule has 0 heterocycles. The van der Waals surface area contributed by atoms with Crippen LogP contribution in [0.5, 0.6) is 0 Å². The molecule has 2 rings (SSSR count). The van der Waals surface area contributed by atoms with Crippen molar-refractivity contribution in [3.05, 3.63) is 69.2 Å². The van der Waals surface area contributed by atoms with E-state index in [4.69, 9.17) is 28.3 Å².